The van der Waals surface area contributed by atoms with Gasteiger partial charge in [0.1, 0.15) is 11.2 Å². The van der Waals surface area contributed by atoms with Crippen LogP contribution in [0.15, 0.2) is 162 Å². The lowest BCUT2D eigenvalue weighted by molar-refractivity contribution is 0.669. The number of anilines is 2. The van der Waals surface area contributed by atoms with Crippen LogP contribution in [0.25, 0.3) is 55.3 Å². The van der Waals surface area contributed by atoms with Gasteiger partial charge in [-0.3, -0.25) is 0 Å². The molecule has 0 unspecified atom stereocenters. The highest BCUT2D eigenvalue weighted by atomic mass is 16.3. The van der Waals surface area contributed by atoms with E-state index in [1.54, 1.807) is 0 Å². The molecule has 0 saturated heterocycles. The molecule has 1 spiro atoms. The Hall–Kier alpha value is -5.86. The number of hydrogen-bond acceptors (Lipinski definition) is 2. The minimum Gasteiger partial charge on any atom is -0.456 e. The first-order chi connectivity index (χ1) is 22.3. The zero-order chi connectivity index (χ0) is 29.5. The monoisotopic (exact) mass is 573 g/mol. The van der Waals surface area contributed by atoms with Crippen LogP contribution < -0.4 is 5.32 Å². The third-order valence-corrected chi connectivity index (χ3v) is 9.90. The Morgan fingerprint density at radius 3 is 1.76 bits per heavy atom. The Labute approximate surface area is 261 Å². The average molecular weight is 574 g/mol. The van der Waals surface area contributed by atoms with Gasteiger partial charge in [0.05, 0.1) is 5.41 Å². The van der Waals surface area contributed by atoms with Crippen LogP contribution in [0.2, 0.25) is 0 Å². The molecule has 1 heterocycles. The number of hydrogen-bond donors (Lipinski definition) is 1. The van der Waals surface area contributed by atoms with Crippen LogP contribution in [0, 0.1) is 0 Å². The Kier molecular flexibility index (Phi) is 4.95. The fourth-order valence-corrected chi connectivity index (χ4v) is 8.05. The van der Waals surface area contributed by atoms with E-state index in [1.807, 2.05) is 12.1 Å². The lowest BCUT2D eigenvalue weighted by Crippen LogP contribution is -2.25. The highest BCUT2D eigenvalue weighted by Gasteiger charge is 2.51. The summed E-state index contributed by atoms with van der Waals surface area (Å²) in [6.45, 7) is 0. The molecular formula is C43H27NO. The van der Waals surface area contributed by atoms with Crippen LogP contribution >= 0.6 is 0 Å². The average Bonchev–Trinajstić information content (AvgIpc) is 3.73. The summed E-state index contributed by atoms with van der Waals surface area (Å²) in [7, 11) is 0. The van der Waals surface area contributed by atoms with Gasteiger partial charge in [-0.25, -0.2) is 0 Å². The highest BCUT2D eigenvalue weighted by molar-refractivity contribution is 6.06. The molecule has 0 saturated carbocycles. The Morgan fingerprint density at radius 2 is 1.00 bits per heavy atom. The fraction of sp³-hybridized carbons (Fsp3) is 0.0233. The molecule has 8 aromatic rings. The van der Waals surface area contributed by atoms with Crippen molar-refractivity contribution >= 4 is 33.3 Å². The molecule has 2 aliphatic rings. The van der Waals surface area contributed by atoms with Crippen LogP contribution in [0.5, 0.6) is 0 Å². The van der Waals surface area contributed by atoms with Crippen LogP contribution in [-0.4, -0.2) is 0 Å². The zero-order valence-corrected chi connectivity index (χ0v) is 24.4. The summed E-state index contributed by atoms with van der Waals surface area (Å²) < 4.78 is 6.05. The van der Waals surface area contributed by atoms with Crippen molar-refractivity contribution in [1.29, 1.82) is 0 Å². The molecule has 1 aromatic heterocycles. The highest BCUT2D eigenvalue weighted by Crippen LogP contribution is 2.63. The van der Waals surface area contributed by atoms with Crippen LogP contribution in [0.4, 0.5) is 11.4 Å². The first kappa shape index (κ1) is 24.6. The number of fused-ring (bicyclic) bond motifs is 13. The van der Waals surface area contributed by atoms with Crippen molar-refractivity contribution < 1.29 is 4.42 Å². The number of benzene rings is 7. The summed E-state index contributed by atoms with van der Waals surface area (Å²) in [5, 5.41) is 6.11. The maximum absolute atomic E-state index is 6.05. The van der Waals surface area contributed by atoms with Gasteiger partial charge in [-0.2, -0.15) is 0 Å². The number of furan rings is 1. The van der Waals surface area contributed by atoms with Gasteiger partial charge in [0, 0.05) is 27.7 Å². The van der Waals surface area contributed by atoms with E-state index >= 15 is 0 Å². The zero-order valence-electron chi connectivity index (χ0n) is 24.4. The molecule has 2 nitrogen and oxygen atoms in total. The molecule has 0 aliphatic heterocycles. The summed E-state index contributed by atoms with van der Waals surface area (Å²) >= 11 is 0. The van der Waals surface area contributed by atoms with Gasteiger partial charge in [-0.05, 0) is 86.5 Å². The van der Waals surface area contributed by atoms with E-state index in [9.17, 15) is 0 Å². The maximum Gasteiger partial charge on any atom is 0.135 e. The number of nitrogens with one attached hydrogen (secondary N) is 1. The summed E-state index contributed by atoms with van der Waals surface area (Å²) in [5.41, 5.74) is 16.7. The molecule has 45 heavy (non-hydrogen) atoms. The second kappa shape index (κ2) is 9.07. The lowest BCUT2D eigenvalue weighted by Gasteiger charge is -2.30. The summed E-state index contributed by atoms with van der Waals surface area (Å²) in [6.07, 6.45) is 0. The van der Waals surface area contributed by atoms with E-state index in [0.717, 1.165) is 33.3 Å². The van der Waals surface area contributed by atoms with Crippen molar-refractivity contribution in [2.45, 2.75) is 5.41 Å². The third-order valence-electron chi connectivity index (χ3n) is 9.90. The van der Waals surface area contributed by atoms with Crippen molar-refractivity contribution in [3.8, 4) is 33.4 Å². The Bertz CT molecular complexity index is 2420. The van der Waals surface area contributed by atoms with E-state index in [1.165, 1.54) is 55.6 Å². The molecule has 10 rings (SSSR count). The van der Waals surface area contributed by atoms with Gasteiger partial charge in [0.2, 0.25) is 0 Å². The molecule has 0 amide bonds. The van der Waals surface area contributed by atoms with Gasteiger partial charge < -0.3 is 9.73 Å². The minimum atomic E-state index is -0.337. The number of rotatable bonds is 3. The predicted molar refractivity (Wildman–Crippen MR) is 185 cm³/mol. The SMILES string of the molecule is c1ccc2c(c1)-c1ccccc1C21c2ccccc2-c2c(Nc3ccc(-c4ccc5oc6ccccc6c5c4)cc3)cccc21. The van der Waals surface area contributed by atoms with E-state index < -0.39 is 0 Å². The molecule has 7 aromatic carbocycles. The molecule has 0 bridgehead atoms. The van der Waals surface area contributed by atoms with Gasteiger partial charge in [0.25, 0.3) is 0 Å². The van der Waals surface area contributed by atoms with Crippen LogP contribution in [0.3, 0.4) is 0 Å². The van der Waals surface area contributed by atoms with E-state index in [2.05, 4.69) is 151 Å². The normalized spacial score (nSPS) is 13.5. The molecule has 210 valence electrons. The van der Waals surface area contributed by atoms with E-state index in [4.69, 9.17) is 4.42 Å². The molecule has 0 atom stereocenters. The molecule has 2 heteroatoms. The third kappa shape index (κ3) is 3.29. The smallest absolute Gasteiger partial charge is 0.135 e. The van der Waals surface area contributed by atoms with Crippen molar-refractivity contribution in [2.24, 2.45) is 0 Å². The second-order valence-corrected chi connectivity index (χ2v) is 12.1. The first-order valence-corrected chi connectivity index (χ1v) is 15.5. The van der Waals surface area contributed by atoms with E-state index in [-0.39, 0.29) is 5.41 Å². The lowest BCUT2D eigenvalue weighted by atomic mass is 9.70. The van der Waals surface area contributed by atoms with Crippen molar-refractivity contribution in [2.75, 3.05) is 5.32 Å². The van der Waals surface area contributed by atoms with Crippen molar-refractivity contribution in [3.05, 3.63) is 180 Å². The van der Waals surface area contributed by atoms with E-state index in [0.29, 0.717) is 0 Å². The second-order valence-electron chi connectivity index (χ2n) is 12.1. The molecule has 0 fully saturated rings. The topological polar surface area (TPSA) is 25.2 Å². The minimum absolute atomic E-state index is 0.337. The van der Waals surface area contributed by atoms with Crippen molar-refractivity contribution in [1.82, 2.24) is 0 Å². The fourth-order valence-electron chi connectivity index (χ4n) is 8.05. The largest absolute Gasteiger partial charge is 0.456 e. The Balaban J connectivity index is 1.08. The predicted octanol–water partition coefficient (Wildman–Crippen LogP) is 11.3. The molecular weight excluding hydrogens is 546 g/mol. The number of para-hydroxylation sites is 1. The van der Waals surface area contributed by atoms with Gasteiger partial charge in [-0.1, -0.05) is 121 Å². The molecule has 0 radical (unpaired) electrons. The summed E-state index contributed by atoms with van der Waals surface area (Å²) in [6, 6.07) is 57.1. The van der Waals surface area contributed by atoms with Gasteiger partial charge >= 0.3 is 0 Å². The standard InChI is InChI=1S/C43H27NO/c1-5-14-35-30(10-1)31-11-2-6-15-36(31)43(35)37-16-7-3-13-33(37)42-38(43)17-9-18-39(42)44-29-23-20-27(21-24-29)28-22-25-41-34(26-28)32-12-4-8-19-40(32)45-41/h1-26,44H. The first-order valence-electron chi connectivity index (χ1n) is 15.5. The molecule has 1 N–H and O–H groups in total. The van der Waals surface area contributed by atoms with Gasteiger partial charge in [-0.15, -0.1) is 0 Å². The quantitative estimate of drug-likeness (QED) is 0.227. The van der Waals surface area contributed by atoms with Crippen LogP contribution in [0.1, 0.15) is 22.3 Å². The van der Waals surface area contributed by atoms with Crippen LogP contribution in [-0.2, 0) is 5.41 Å². The molecule has 2 aliphatic carbocycles. The van der Waals surface area contributed by atoms with Crippen molar-refractivity contribution in [3.63, 3.8) is 0 Å². The van der Waals surface area contributed by atoms with Gasteiger partial charge in [0.15, 0.2) is 0 Å². The summed E-state index contributed by atoms with van der Waals surface area (Å²) in [4.78, 5) is 0. The Morgan fingerprint density at radius 1 is 0.422 bits per heavy atom. The maximum atomic E-state index is 6.05. The summed E-state index contributed by atoms with van der Waals surface area (Å²) in [5.74, 6) is 0.